The molecule has 0 bridgehead atoms. The minimum atomic E-state index is -4.40. The highest BCUT2D eigenvalue weighted by Crippen LogP contribution is 2.43. The van der Waals surface area contributed by atoms with Crippen molar-refractivity contribution >= 4 is 19.8 Å². The van der Waals surface area contributed by atoms with Gasteiger partial charge in [-0.2, -0.15) is 0 Å². The lowest BCUT2D eigenvalue weighted by atomic mass is 10.0. The summed E-state index contributed by atoms with van der Waals surface area (Å²) in [6.45, 7) is 3.61. The van der Waals surface area contributed by atoms with Gasteiger partial charge in [-0.15, -0.1) is 0 Å². The molecule has 3 N–H and O–H groups in total. The van der Waals surface area contributed by atoms with Crippen LogP contribution in [0.5, 0.6) is 0 Å². The summed E-state index contributed by atoms with van der Waals surface area (Å²) in [5, 5.41) is 0. The zero-order valence-corrected chi connectivity index (χ0v) is 46.3. The highest BCUT2D eigenvalue weighted by atomic mass is 31.2. The van der Waals surface area contributed by atoms with E-state index in [1.807, 2.05) is 0 Å². The fourth-order valence-electron chi connectivity index (χ4n) is 7.73. The van der Waals surface area contributed by atoms with Crippen LogP contribution in [0.15, 0.2) is 97.2 Å². The smallest absolute Gasteiger partial charge is 0.462 e. The van der Waals surface area contributed by atoms with Crippen LogP contribution >= 0.6 is 7.82 Å². The van der Waals surface area contributed by atoms with Crippen molar-refractivity contribution in [2.75, 3.05) is 26.4 Å². The van der Waals surface area contributed by atoms with E-state index in [1.165, 1.54) is 109 Å². The van der Waals surface area contributed by atoms with Gasteiger partial charge in [0.2, 0.25) is 0 Å². The SMILES string of the molecule is CC/C=C\C/C=C\C/C=C\C/C=C\C/C=C\C/C=C\CCCCCCCCC(=O)OC(COC(=O)CCCCCCCCCCCCCCC/C=C\C/C=C\CCCCCCC)COP(=O)(O)OCCN. The lowest BCUT2D eigenvalue weighted by Crippen LogP contribution is -2.29. The number of hydrogen-bond donors (Lipinski definition) is 2. The van der Waals surface area contributed by atoms with Crippen LogP contribution in [0.4, 0.5) is 0 Å². The van der Waals surface area contributed by atoms with Crippen LogP contribution < -0.4 is 5.73 Å². The third-order valence-corrected chi connectivity index (χ3v) is 12.9. The van der Waals surface area contributed by atoms with Gasteiger partial charge in [0.15, 0.2) is 6.10 Å². The number of hydrogen-bond acceptors (Lipinski definition) is 8. The third-order valence-electron chi connectivity index (χ3n) is 12.0. The molecule has 0 aromatic carbocycles. The highest BCUT2D eigenvalue weighted by Gasteiger charge is 2.26. The van der Waals surface area contributed by atoms with E-state index >= 15 is 0 Å². The molecule has 10 heteroatoms. The summed E-state index contributed by atoms with van der Waals surface area (Å²) < 4.78 is 33.0. The van der Waals surface area contributed by atoms with Crippen molar-refractivity contribution in [3.8, 4) is 0 Å². The predicted octanol–water partition coefficient (Wildman–Crippen LogP) is 18.1. The molecule has 0 heterocycles. The molecule has 9 nitrogen and oxygen atoms in total. The standard InChI is InChI=1S/C61H106NO8P/c1-3-5-7-9-11-13-15-17-19-21-23-25-27-29-31-33-35-37-39-41-43-45-47-49-51-53-60(63)67-57-59(58-69-71(65,66)68-56-55-62)70-61(64)54-52-50-48-46-44-42-40-38-36-34-32-30-28-26-24-22-20-18-16-14-12-10-8-6-4-2/h6,8,12,14-15,17-18,20-21,23-24,26,30,32,36,38,59H,3-5,7,9-11,13,16,19,22,25,27-29,31,33-35,37,39-58,62H2,1-2H3,(H,65,66)/b8-6-,14-12-,17-15-,20-18-,23-21-,26-24-,32-30-,38-36-. The number of esters is 2. The average Bonchev–Trinajstić information content (AvgIpc) is 3.36. The van der Waals surface area contributed by atoms with E-state index in [0.717, 1.165) is 103 Å². The third kappa shape index (κ3) is 56.1. The summed E-state index contributed by atoms with van der Waals surface area (Å²) in [4.78, 5) is 35.2. The number of unbranched alkanes of at least 4 members (excludes halogenated alkanes) is 24. The van der Waals surface area contributed by atoms with Gasteiger partial charge in [0, 0.05) is 19.4 Å². The summed E-state index contributed by atoms with van der Waals surface area (Å²) in [5.74, 6) is -0.847. The van der Waals surface area contributed by atoms with E-state index in [0.29, 0.717) is 6.42 Å². The first-order valence-corrected chi connectivity index (χ1v) is 30.2. The van der Waals surface area contributed by atoms with Crippen LogP contribution in [0.3, 0.4) is 0 Å². The summed E-state index contributed by atoms with van der Waals surface area (Å²) in [7, 11) is -4.40. The zero-order chi connectivity index (χ0) is 51.7. The molecule has 0 rings (SSSR count). The van der Waals surface area contributed by atoms with Gasteiger partial charge in [0.1, 0.15) is 6.61 Å². The number of carbonyl (C=O) groups is 2. The van der Waals surface area contributed by atoms with Gasteiger partial charge >= 0.3 is 19.8 Å². The Balaban J connectivity index is 4.04. The van der Waals surface area contributed by atoms with E-state index in [2.05, 4.69) is 111 Å². The Hall–Kier alpha value is -3.07. The minimum absolute atomic E-state index is 0.0461. The van der Waals surface area contributed by atoms with Crippen LogP contribution in [0, 0.1) is 0 Å². The van der Waals surface area contributed by atoms with Gasteiger partial charge in [0.05, 0.1) is 13.2 Å². The molecule has 408 valence electrons. The maximum Gasteiger partial charge on any atom is 0.472 e. The van der Waals surface area contributed by atoms with Crippen molar-refractivity contribution in [1.29, 1.82) is 0 Å². The molecular formula is C61H106NO8P. The quantitative estimate of drug-likeness (QED) is 0.0264. The number of ether oxygens (including phenoxy) is 2. The molecule has 2 unspecified atom stereocenters. The maximum absolute atomic E-state index is 12.7. The highest BCUT2D eigenvalue weighted by molar-refractivity contribution is 7.47. The lowest BCUT2D eigenvalue weighted by Gasteiger charge is -2.19. The van der Waals surface area contributed by atoms with Crippen LogP contribution in [0.1, 0.15) is 245 Å². The molecule has 0 fully saturated rings. The van der Waals surface area contributed by atoms with Crippen molar-refractivity contribution in [1.82, 2.24) is 0 Å². The predicted molar refractivity (Wildman–Crippen MR) is 302 cm³/mol. The molecule has 0 radical (unpaired) electrons. The Kier molecular flexibility index (Phi) is 53.8. The molecule has 0 aromatic rings. The van der Waals surface area contributed by atoms with Crippen molar-refractivity contribution in [3.05, 3.63) is 97.2 Å². The second-order valence-electron chi connectivity index (χ2n) is 18.8. The van der Waals surface area contributed by atoms with Crippen molar-refractivity contribution in [2.45, 2.75) is 251 Å². The Morgan fingerprint density at radius 2 is 0.775 bits per heavy atom. The first-order chi connectivity index (χ1) is 34.8. The Bertz CT molecular complexity index is 1480. The second kappa shape index (κ2) is 56.2. The summed E-state index contributed by atoms with van der Waals surface area (Å²) in [6.07, 6.45) is 74.5. The molecule has 0 aliphatic carbocycles. The number of carbonyl (C=O) groups excluding carboxylic acids is 2. The van der Waals surface area contributed by atoms with Gasteiger partial charge in [-0.1, -0.05) is 233 Å². The average molecular weight is 1010 g/mol. The van der Waals surface area contributed by atoms with E-state index < -0.39 is 26.5 Å². The van der Waals surface area contributed by atoms with Gasteiger partial charge in [0.25, 0.3) is 0 Å². The number of allylic oxidation sites excluding steroid dienone is 16. The molecule has 0 spiro atoms. The van der Waals surface area contributed by atoms with E-state index in [1.54, 1.807) is 0 Å². The summed E-state index contributed by atoms with van der Waals surface area (Å²) >= 11 is 0. The molecule has 0 aliphatic rings. The monoisotopic (exact) mass is 1010 g/mol. The number of nitrogens with two attached hydrogens (primary N) is 1. The summed E-state index contributed by atoms with van der Waals surface area (Å²) in [5.41, 5.74) is 5.38. The topological polar surface area (TPSA) is 134 Å². The van der Waals surface area contributed by atoms with Crippen molar-refractivity contribution in [3.63, 3.8) is 0 Å². The fraction of sp³-hybridized carbons (Fsp3) is 0.705. The van der Waals surface area contributed by atoms with E-state index in [9.17, 15) is 19.0 Å². The van der Waals surface area contributed by atoms with Gasteiger partial charge in [-0.3, -0.25) is 18.6 Å². The Morgan fingerprint density at radius 1 is 0.437 bits per heavy atom. The Morgan fingerprint density at radius 3 is 1.15 bits per heavy atom. The van der Waals surface area contributed by atoms with Crippen LogP contribution in [0.25, 0.3) is 0 Å². The van der Waals surface area contributed by atoms with Gasteiger partial charge in [-0.25, -0.2) is 4.57 Å². The fourth-order valence-corrected chi connectivity index (χ4v) is 8.49. The van der Waals surface area contributed by atoms with Crippen LogP contribution in [-0.4, -0.2) is 49.3 Å². The molecule has 71 heavy (non-hydrogen) atoms. The molecule has 0 amide bonds. The first kappa shape index (κ1) is 67.9. The second-order valence-corrected chi connectivity index (χ2v) is 20.2. The largest absolute Gasteiger partial charge is 0.472 e. The molecule has 0 aromatic heterocycles. The minimum Gasteiger partial charge on any atom is -0.462 e. The molecule has 2 atom stereocenters. The van der Waals surface area contributed by atoms with E-state index in [-0.39, 0.29) is 38.6 Å². The first-order valence-electron chi connectivity index (χ1n) is 28.7. The molecular weight excluding hydrogens is 906 g/mol. The zero-order valence-electron chi connectivity index (χ0n) is 45.4. The number of phosphoric ester groups is 1. The summed E-state index contributed by atoms with van der Waals surface area (Å²) in [6, 6.07) is 0. The molecule has 0 aliphatic heterocycles. The molecule has 0 saturated heterocycles. The van der Waals surface area contributed by atoms with Crippen molar-refractivity contribution < 1.29 is 37.6 Å². The van der Waals surface area contributed by atoms with E-state index in [4.69, 9.17) is 24.3 Å². The number of rotatable bonds is 53. The van der Waals surface area contributed by atoms with Gasteiger partial charge in [-0.05, 0) is 96.3 Å². The van der Waals surface area contributed by atoms with Crippen molar-refractivity contribution in [2.24, 2.45) is 5.73 Å². The van der Waals surface area contributed by atoms with Gasteiger partial charge < -0.3 is 20.1 Å². The lowest BCUT2D eigenvalue weighted by molar-refractivity contribution is -0.161. The van der Waals surface area contributed by atoms with Crippen LogP contribution in [-0.2, 0) is 32.7 Å². The maximum atomic E-state index is 12.7. The normalized spacial score (nSPS) is 13.8. The van der Waals surface area contributed by atoms with Crippen LogP contribution in [0.2, 0.25) is 0 Å². The Labute approximate surface area is 436 Å². The molecule has 0 saturated carbocycles. The number of phosphoric acid groups is 1.